The number of aromatic nitrogens is 3. The van der Waals surface area contributed by atoms with Crippen LogP contribution in [0.2, 0.25) is 0 Å². The molecule has 0 bridgehead atoms. The van der Waals surface area contributed by atoms with Gasteiger partial charge in [0.25, 0.3) is 5.91 Å². The second-order valence-electron chi connectivity index (χ2n) is 9.61. The Kier molecular flexibility index (Phi) is 7.04. The zero-order valence-electron chi connectivity index (χ0n) is 22.6. The number of carbonyl (C=O) groups excluding carboxylic acids is 1. The van der Waals surface area contributed by atoms with Crippen molar-refractivity contribution in [3.05, 3.63) is 65.1 Å². The quantitative estimate of drug-likeness (QED) is 0.364. The molecule has 10 nitrogen and oxygen atoms in total. The summed E-state index contributed by atoms with van der Waals surface area (Å²) in [7, 11) is -0.632. The van der Waals surface area contributed by atoms with Crippen LogP contribution in [0.1, 0.15) is 40.3 Å². The Morgan fingerprint density at radius 1 is 0.949 bits per heavy atom. The number of carbonyl (C=O) groups is 1. The van der Waals surface area contributed by atoms with Crippen LogP contribution in [0.15, 0.2) is 47.4 Å². The lowest BCUT2D eigenvalue weighted by Gasteiger charge is -2.18. The molecule has 0 atom stereocenters. The van der Waals surface area contributed by atoms with Gasteiger partial charge in [-0.2, -0.15) is 9.40 Å². The number of sulfonamides is 1. The highest BCUT2D eigenvalue weighted by Crippen LogP contribution is 2.34. The summed E-state index contributed by atoms with van der Waals surface area (Å²) in [6, 6.07) is 12.1. The number of hydrogen-bond donors (Lipinski definition) is 1. The molecule has 39 heavy (non-hydrogen) atoms. The van der Waals surface area contributed by atoms with Crippen molar-refractivity contribution in [2.24, 2.45) is 0 Å². The minimum Gasteiger partial charge on any atom is -0.493 e. The smallest absolute Gasteiger partial charge is 0.276 e. The minimum atomic E-state index is -3.69. The lowest BCUT2D eigenvalue weighted by atomic mass is 10.0. The molecular formula is C28H31N5O5S. The van der Waals surface area contributed by atoms with Crippen molar-refractivity contribution in [3.8, 4) is 22.6 Å². The molecule has 2 aromatic heterocycles. The van der Waals surface area contributed by atoms with Gasteiger partial charge in [-0.1, -0.05) is 12.1 Å². The number of nitrogens with one attached hydrogen (secondary N) is 1. The summed E-state index contributed by atoms with van der Waals surface area (Å²) < 4.78 is 40.8. The predicted molar refractivity (Wildman–Crippen MR) is 148 cm³/mol. The van der Waals surface area contributed by atoms with E-state index >= 15 is 0 Å². The van der Waals surface area contributed by atoms with Gasteiger partial charge in [0, 0.05) is 36.2 Å². The summed E-state index contributed by atoms with van der Waals surface area (Å²) in [6.45, 7) is 6.53. The summed E-state index contributed by atoms with van der Waals surface area (Å²) in [5, 5.41) is 7.51. The van der Waals surface area contributed by atoms with Gasteiger partial charge in [0.15, 0.2) is 22.8 Å². The highest BCUT2D eigenvalue weighted by molar-refractivity contribution is 7.89. The molecule has 1 saturated heterocycles. The maximum absolute atomic E-state index is 13.7. The molecule has 1 N–H and O–H groups in total. The molecule has 4 aromatic rings. The number of benzene rings is 2. The molecule has 1 aliphatic rings. The van der Waals surface area contributed by atoms with Crippen LogP contribution in [-0.2, 0) is 10.0 Å². The van der Waals surface area contributed by atoms with E-state index in [1.165, 1.54) is 18.5 Å². The third kappa shape index (κ3) is 4.83. The molecule has 0 spiro atoms. The number of fused-ring (bicyclic) bond motifs is 1. The van der Waals surface area contributed by atoms with E-state index < -0.39 is 15.9 Å². The van der Waals surface area contributed by atoms with Crippen LogP contribution in [0.4, 0.5) is 5.69 Å². The van der Waals surface area contributed by atoms with Crippen LogP contribution < -0.4 is 14.8 Å². The van der Waals surface area contributed by atoms with E-state index in [-0.39, 0.29) is 10.6 Å². The van der Waals surface area contributed by atoms with E-state index in [0.29, 0.717) is 52.6 Å². The topological polar surface area (TPSA) is 115 Å². The van der Waals surface area contributed by atoms with Crippen molar-refractivity contribution in [2.45, 2.75) is 38.5 Å². The number of nitrogens with zero attached hydrogens (tertiary/aromatic N) is 4. The third-order valence-corrected chi connectivity index (χ3v) is 8.95. The largest absolute Gasteiger partial charge is 0.493 e. The molecular weight excluding hydrogens is 518 g/mol. The van der Waals surface area contributed by atoms with Crippen LogP contribution in [0, 0.1) is 20.8 Å². The number of methoxy groups -OCH3 is 2. The zero-order valence-corrected chi connectivity index (χ0v) is 23.4. The second kappa shape index (κ2) is 10.3. The van der Waals surface area contributed by atoms with E-state index in [1.54, 1.807) is 41.8 Å². The number of aryl methyl sites for hydroxylation is 3. The summed E-state index contributed by atoms with van der Waals surface area (Å²) in [5.41, 5.74) is 4.27. The molecule has 204 valence electrons. The first-order valence-corrected chi connectivity index (χ1v) is 14.1. The number of amides is 1. The van der Waals surface area contributed by atoms with Gasteiger partial charge in [0.1, 0.15) is 0 Å². The van der Waals surface area contributed by atoms with Crippen LogP contribution >= 0.6 is 0 Å². The van der Waals surface area contributed by atoms with Gasteiger partial charge < -0.3 is 14.8 Å². The highest BCUT2D eigenvalue weighted by Gasteiger charge is 2.30. The molecule has 3 heterocycles. The Morgan fingerprint density at radius 2 is 1.67 bits per heavy atom. The fraction of sp³-hybridized carbons (Fsp3) is 0.321. The van der Waals surface area contributed by atoms with Crippen LogP contribution in [0.25, 0.3) is 16.8 Å². The van der Waals surface area contributed by atoms with E-state index in [1.807, 2.05) is 26.0 Å². The molecule has 0 aliphatic carbocycles. The summed E-state index contributed by atoms with van der Waals surface area (Å²) in [5.74, 6) is 0.531. The fourth-order valence-electron chi connectivity index (χ4n) is 4.95. The number of rotatable bonds is 7. The molecule has 0 unspecified atom stereocenters. The molecule has 1 amide bonds. The van der Waals surface area contributed by atoms with Gasteiger partial charge in [-0.05, 0) is 69.0 Å². The molecule has 1 aliphatic heterocycles. The van der Waals surface area contributed by atoms with Gasteiger partial charge in [-0.25, -0.2) is 17.9 Å². The van der Waals surface area contributed by atoms with Crippen molar-refractivity contribution in [2.75, 3.05) is 32.6 Å². The lowest BCUT2D eigenvalue weighted by molar-refractivity contribution is 0.102. The van der Waals surface area contributed by atoms with E-state index in [0.717, 1.165) is 24.2 Å². The standard InChI is InChI=1S/C28H31N5O5S/c1-17-8-9-20(15-24(17)39(35,36)32-12-6-7-13-32)25-26(31-33-19(3)14-18(2)29-27(25)33)28(34)30-21-10-11-22(37-4)23(16-21)38-5/h8-11,14-16H,6-7,12-13H2,1-5H3,(H,30,34). The Labute approximate surface area is 227 Å². The normalized spacial score (nSPS) is 14.1. The average molecular weight is 550 g/mol. The maximum Gasteiger partial charge on any atom is 0.276 e. The van der Waals surface area contributed by atoms with Crippen molar-refractivity contribution >= 4 is 27.3 Å². The van der Waals surface area contributed by atoms with Crippen LogP contribution in [0.5, 0.6) is 11.5 Å². The lowest BCUT2D eigenvalue weighted by Crippen LogP contribution is -2.28. The maximum atomic E-state index is 13.7. The average Bonchev–Trinajstić information content (AvgIpc) is 3.58. The van der Waals surface area contributed by atoms with Crippen molar-refractivity contribution < 1.29 is 22.7 Å². The Balaban J connectivity index is 1.65. The predicted octanol–water partition coefficient (Wildman–Crippen LogP) is 4.38. The molecule has 11 heteroatoms. The van der Waals surface area contributed by atoms with E-state index in [4.69, 9.17) is 9.47 Å². The third-order valence-electron chi connectivity index (χ3n) is 6.91. The molecule has 5 rings (SSSR count). The van der Waals surface area contributed by atoms with Gasteiger partial charge in [0.2, 0.25) is 10.0 Å². The van der Waals surface area contributed by atoms with Gasteiger partial charge in [-0.3, -0.25) is 4.79 Å². The summed E-state index contributed by atoms with van der Waals surface area (Å²) in [4.78, 5) is 18.6. The van der Waals surface area contributed by atoms with Gasteiger partial charge in [0.05, 0.1) is 24.7 Å². The number of ether oxygens (including phenoxy) is 2. The number of anilines is 1. The van der Waals surface area contributed by atoms with Crippen molar-refractivity contribution in [3.63, 3.8) is 0 Å². The molecule has 0 radical (unpaired) electrons. The second-order valence-corrected chi connectivity index (χ2v) is 11.5. The summed E-state index contributed by atoms with van der Waals surface area (Å²) in [6.07, 6.45) is 1.68. The molecule has 0 saturated carbocycles. The van der Waals surface area contributed by atoms with Crippen molar-refractivity contribution in [1.29, 1.82) is 0 Å². The molecule has 2 aromatic carbocycles. The first-order chi connectivity index (χ1) is 18.6. The first-order valence-electron chi connectivity index (χ1n) is 12.7. The highest BCUT2D eigenvalue weighted by atomic mass is 32.2. The Hall–Kier alpha value is -3.96. The Morgan fingerprint density at radius 3 is 2.36 bits per heavy atom. The summed E-state index contributed by atoms with van der Waals surface area (Å²) >= 11 is 0. The fourth-order valence-corrected chi connectivity index (χ4v) is 6.72. The minimum absolute atomic E-state index is 0.124. The first kappa shape index (κ1) is 26.6. The SMILES string of the molecule is COc1ccc(NC(=O)c2nn3c(C)cc(C)nc3c2-c2ccc(C)c(S(=O)(=O)N3CCCC3)c2)cc1OC. The van der Waals surface area contributed by atoms with Crippen molar-refractivity contribution in [1.82, 2.24) is 18.9 Å². The van der Waals surface area contributed by atoms with E-state index in [9.17, 15) is 13.2 Å². The molecule has 1 fully saturated rings. The Bertz CT molecular complexity index is 1690. The number of hydrogen-bond acceptors (Lipinski definition) is 7. The van der Waals surface area contributed by atoms with Crippen LogP contribution in [0.3, 0.4) is 0 Å². The van der Waals surface area contributed by atoms with Gasteiger partial charge in [-0.15, -0.1) is 0 Å². The monoisotopic (exact) mass is 549 g/mol. The zero-order chi connectivity index (χ0) is 27.9. The van der Waals surface area contributed by atoms with Crippen LogP contribution in [-0.4, -0.2) is 60.5 Å². The van der Waals surface area contributed by atoms with E-state index in [2.05, 4.69) is 15.4 Å². The van der Waals surface area contributed by atoms with Gasteiger partial charge >= 0.3 is 0 Å².